The smallest absolute Gasteiger partial charge is 0.194 e. The monoisotopic (exact) mass is 474 g/mol. The van der Waals surface area contributed by atoms with Crippen molar-refractivity contribution in [3.63, 3.8) is 0 Å². The zero-order valence-corrected chi connectivity index (χ0v) is 16.5. The number of imidazole rings is 1. The summed E-state index contributed by atoms with van der Waals surface area (Å²) in [4.78, 5) is 12.9. The summed E-state index contributed by atoms with van der Waals surface area (Å²) < 4.78 is 8.28. The van der Waals surface area contributed by atoms with Gasteiger partial charge in [0.15, 0.2) is 20.4 Å². The van der Waals surface area contributed by atoms with Crippen LogP contribution in [0.15, 0.2) is 6.33 Å². The second-order valence-electron chi connectivity index (χ2n) is 6.91. The fourth-order valence-corrected chi connectivity index (χ4v) is 4.57. The molecule has 0 aromatic carbocycles. The first-order chi connectivity index (χ1) is 11.7. The normalized spacial score (nSPS) is 30.7. The SMILES string of the molecule is CC(C)(O)O[C@H]1C[C@H](n2cnc3c(Cl)nc(I)nc32)[C@H]2C#C[C@@]12CO. The molecule has 2 aliphatic carbocycles. The van der Waals surface area contributed by atoms with Crippen molar-refractivity contribution < 1.29 is 14.9 Å². The van der Waals surface area contributed by atoms with Crippen LogP contribution in [0.1, 0.15) is 26.3 Å². The Labute approximate surface area is 162 Å². The lowest BCUT2D eigenvalue weighted by molar-refractivity contribution is -0.224. The van der Waals surface area contributed by atoms with E-state index in [2.05, 4.69) is 26.8 Å². The second-order valence-corrected chi connectivity index (χ2v) is 8.23. The molecule has 0 amide bonds. The molecule has 2 heterocycles. The van der Waals surface area contributed by atoms with Crippen molar-refractivity contribution in [3.05, 3.63) is 15.3 Å². The number of aliphatic hydroxyl groups excluding tert-OH is 1. The van der Waals surface area contributed by atoms with Gasteiger partial charge in [-0.1, -0.05) is 23.4 Å². The number of aromatic nitrogens is 4. The highest BCUT2D eigenvalue weighted by Gasteiger charge is 2.60. The van der Waals surface area contributed by atoms with Crippen molar-refractivity contribution in [3.8, 4) is 11.8 Å². The van der Waals surface area contributed by atoms with Gasteiger partial charge in [0.05, 0.1) is 36.4 Å². The van der Waals surface area contributed by atoms with Crippen LogP contribution in [0.2, 0.25) is 5.15 Å². The van der Waals surface area contributed by atoms with E-state index in [1.807, 2.05) is 27.2 Å². The van der Waals surface area contributed by atoms with E-state index in [-0.39, 0.29) is 24.7 Å². The van der Waals surface area contributed by atoms with Crippen LogP contribution in [0.3, 0.4) is 0 Å². The molecule has 132 valence electrons. The van der Waals surface area contributed by atoms with E-state index in [4.69, 9.17) is 16.3 Å². The topological polar surface area (TPSA) is 93.3 Å². The first-order valence-corrected chi connectivity index (χ1v) is 9.30. The van der Waals surface area contributed by atoms with Gasteiger partial charge in [-0.2, -0.15) is 0 Å². The maximum absolute atomic E-state index is 10.1. The molecule has 0 spiro atoms. The highest BCUT2D eigenvalue weighted by atomic mass is 127. The number of fused-ring (bicyclic) bond motifs is 2. The van der Waals surface area contributed by atoms with Gasteiger partial charge >= 0.3 is 0 Å². The predicted octanol–water partition coefficient (Wildman–Crippen LogP) is 1.75. The van der Waals surface area contributed by atoms with Crippen molar-refractivity contribution in [1.29, 1.82) is 0 Å². The molecule has 2 aromatic rings. The Kier molecular flexibility index (Phi) is 4.01. The lowest BCUT2D eigenvalue weighted by atomic mass is 9.70. The molecule has 0 unspecified atom stereocenters. The van der Waals surface area contributed by atoms with E-state index >= 15 is 0 Å². The van der Waals surface area contributed by atoms with Gasteiger partial charge in [-0.05, 0) is 20.3 Å². The fourth-order valence-electron chi connectivity index (χ4n) is 3.74. The minimum absolute atomic E-state index is 0.0764. The number of hydrogen-bond donors (Lipinski definition) is 2. The third-order valence-electron chi connectivity index (χ3n) is 4.83. The van der Waals surface area contributed by atoms with Crippen molar-refractivity contribution in [2.24, 2.45) is 11.3 Å². The Bertz CT molecular complexity index is 916. The third-order valence-corrected chi connectivity index (χ3v) is 5.58. The second kappa shape index (κ2) is 5.76. The average molecular weight is 475 g/mol. The maximum Gasteiger partial charge on any atom is 0.194 e. The van der Waals surface area contributed by atoms with Crippen molar-refractivity contribution in [2.75, 3.05) is 6.61 Å². The largest absolute Gasteiger partial charge is 0.395 e. The standard InChI is InChI=1S/C16H16ClIN4O3/c1-15(2,24)25-10-5-9(8-3-4-16(8,10)6-23)22-7-19-11-12(17)20-14(18)21-13(11)22/h7-10,23-24H,5-6H2,1-2H3/t8-,9+,10+,16+/m1/s1. The molecule has 4 atom stereocenters. The average Bonchev–Trinajstić information content (AvgIpc) is 2.95. The lowest BCUT2D eigenvalue weighted by Crippen LogP contribution is -2.47. The quantitative estimate of drug-likeness (QED) is 0.231. The lowest BCUT2D eigenvalue weighted by Gasteiger charge is -2.39. The van der Waals surface area contributed by atoms with Gasteiger partial charge in [0.2, 0.25) is 0 Å². The highest BCUT2D eigenvalue weighted by molar-refractivity contribution is 14.1. The number of ether oxygens (including phenoxy) is 1. The van der Waals surface area contributed by atoms with E-state index in [9.17, 15) is 10.2 Å². The Balaban J connectivity index is 1.77. The minimum Gasteiger partial charge on any atom is -0.395 e. The molecule has 0 bridgehead atoms. The Morgan fingerprint density at radius 2 is 2.28 bits per heavy atom. The van der Waals surface area contributed by atoms with E-state index < -0.39 is 11.2 Å². The van der Waals surface area contributed by atoms with Crippen molar-refractivity contribution >= 4 is 45.4 Å². The zero-order valence-electron chi connectivity index (χ0n) is 13.6. The summed E-state index contributed by atoms with van der Waals surface area (Å²) >= 11 is 8.19. The minimum atomic E-state index is -1.30. The summed E-state index contributed by atoms with van der Waals surface area (Å²) in [6.07, 6.45) is 1.86. The van der Waals surface area contributed by atoms with Crippen LogP contribution in [0.5, 0.6) is 0 Å². The molecule has 2 aromatic heterocycles. The number of aliphatic hydroxyl groups is 2. The van der Waals surface area contributed by atoms with Gasteiger partial charge in [0.1, 0.15) is 5.52 Å². The molecule has 2 N–H and O–H groups in total. The summed E-state index contributed by atoms with van der Waals surface area (Å²) in [6, 6.07) is -0.0764. The first kappa shape index (κ1) is 17.4. The van der Waals surface area contributed by atoms with Gasteiger partial charge in [0, 0.05) is 22.6 Å². The molecular formula is C16H16ClIN4O3. The molecule has 0 saturated heterocycles. The van der Waals surface area contributed by atoms with Crippen molar-refractivity contribution in [2.45, 2.75) is 38.2 Å². The molecule has 1 saturated carbocycles. The van der Waals surface area contributed by atoms with Crippen LogP contribution in [0.4, 0.5) is 0 Å². The Morgan fingerprint density at radius 3 is 2.88 bits per heavy atom. The predicted molar refractivity (Wildman–Crippen MR) is 98.7 cm³/mol. The molecule has 0 radical (unpaired) electrons. The summed E-state index contributed by atoms with van der Waals surface area (Å²) in [5.41, 5.74) is 0.500. The van der Waals surface area contributed by atoms with E-state index in [1.54, 1.807) is 20.2 Å². The number of hydrogen-bond acceptors (Lipinski definition) is 6. The molecule has 0 aliphatic heterocycles. The van der Waals surface area contributed by atoms with E-state index in [0.29, 0.717) is 26.6 Å². The molecule has 25 heavy (non-hydrogen) atoms. The summed E-state index contributed by atoms with van der Waals surface area (Å²) in [6.45, 7) is 3.03. The van der Waals surface area contributed by atoms with Crippen LogP contribution in [-0.4, -0.2) is 48.2 Å². The van der Waals surface area contributed by atoms with Crippen LogP contribution >= 0.6 is 34.2 Å². The van der Waals surface area contributed by atoms with Gasteiger partial charge < -0.3 is 19.5 Å². The molecular weight excluding hydrogens is 459 g/mol. The van der Waals surface area contributed by atoms with Gasteiger partial charge in [-0.25, -0.2) is 15.0 Å². The molecule has 1 fully saturated rings. The fraction of sp³-hybridized carbons (Fsp3) is 0.562. The van der Waals surface area contributed by atoms with Gasteiger partial charge in [-0.15, -0.1) is 0 Å². The molecule has 9 heteroatoms. The summed E-state index contributed by atoms with van der Waals surface area (Å²) in [5, 5.41) is 20.4. The number of nitrogens with zero attached hydrogens (tertiary/aromatic N) is 4. The van der Waals surface area contributed by atoms with E-state index in [0.717, 1.165) is 0 Å². The molecule has 7 nitrogen and oxygen atoms in total. The summed E-state index contributed by atoms with van der Waals surface area (Å²) in [5.74, 6) is 4.82. The number of halogens is 2. The highest BCUT2D eigenvalue weighted by Crippen LogP contribution is 2.55. The Morgan fingerprint density at radius 1 is 1.52 bits per heavy atom. The van der Waals surface area contributed by atoms with Gasteiger partial charge in [0.25, 0.3) is 0 Å². The van der Waals surface area contributed by atoms with Crippen LogP contribution in [0.25, 0.3) is 11.2 Å². The summed E-state index contributed by atoms with van der Waals surface area (Å²) in [7, 11) is 0. The molecule has 2 aliphatic rings. The van der Waals surface area contributed by atoms with Crippen LogP contribution in [-0.2, 0) is 4.74 Å². The third kappa shape index (κ3) is 2.64. The number of rotatable bonds is 4. The maximum atomic E-state index is 10.1. The van der Waals surface area contributed by atoms with Crippen molar-refractivity contribution in [1.82, 2.24) is 19.5 Å². The van der Waals surface area contributed by atoms with E-state index in [1.165, 1.54) is 0 Å². The zero-order chi connectivity index (χ0) is 18.0. The van der Waals surface area contributed by atoms with Crippen LogP contribution in [0, 0.1) is 27.0 Å². The van der Waals surface area contributed by atoms with Gasteiger partial charge in [-0.3, -0.25) is 0 Å². The van der Waals surface area contributed by atoms with Crippen LogP contribution < -0.4 is 0 Å². The molecule has 4 rings (SSSR count). The Hall–Kier alpha value is -0.990. The first-order valence-electron chi connectivity index (χ1n) is 7.84.